The van der Waals surface area contributed by atoms with Crippen LogP contribution in [0.1, 0.15) is 12.6 Å². The lowest BCUT2D eigenvalue weighted by Gasteiger charge is -2.15. The minimum atomic E-state index is -0.432. The van der Waals surface area contributed by atoms with Crippen molar-refractivity contribution in [3.63, 3.8) is 0 Å². The Balaban J connectivity index is 2.59. The van der Waals surface area contributed by atoms with Gasteiger partial charge in [-0.3, -0.25) is 15.1 Å². The first-order valence-corrected chi connectivity index (χ1v) is 5.94. The van der Waals surface area contributed by atoms with Crippen LogP contribution < -0.4 is 5.32 Å². The second kappa shape index (κ2) is 5.19. The number of aromatic nitrogens is 1. The quantitative estimate of drug-likeness (QED) is 0.651. The number of nitro groups is 1. The number of aryl methyl sites for hydroxylation is 1. The molecule has 1 aromatic carbocycles. The van der Waals surface area contributed by atoms with Gasteiger partial charge in [-0.1, -0.05) is 0 Å². The number of nitro benzene ring substituents is 1. The van der Waals surface area contributed by atoms with Crippen molar-refractivity contribution in [2.24, 2.45) is 0 Å². The van der Waals surface area contributed by atoms with Crippen molar-refractivity contribution in [2.75, 3.05) is 11.9 Å². The Morgan fingerprint density at radius 1 is 1.47 bits per heavy atom. The number of nitrogens with zero attached hydrogens (tertiary/aromatic N) is 2. The van der Waals surface area contributed by atoms with E-state index in [1.807, 2.05) is 19.9 Å². The van der Waals surface area contributed by atoms with E-state index in [1.54, 1.807) is 6.07 Å². The van der Waals surface area contributed by atoms with Gasteiger partial charge in [0.25, 0.3) is 5.69 Å². The van der Waals surface area contributed by atoms with E-state index in [0.29, 0.717) is 10.9 Å². The van der Waals surface area contributed by atoms with Crippen molar-refractivity contribution >= 4 is 22.3 Å². The van der Waals surface area contributed by atoms with Crippen LogP contribution in [-0.4, -0.2) is 27.7 Å². The van der Waals surface area contributed by atoms with Crippen molar-refractivity contribution in [1.82, 2.24) is 4.98 Å². The summed E-state index contributed by atoms with van der Waals surface area (Å²) in [5.74, 6) is 0. The average Bonchev–Trinajstić information content (AvgIpc) is 2.37. The Labute approximate surface area is 110 Å². The first kappa shape index (κ1) is 13.2. The molecule has 1 heterocycles. The standard InChI is InChI=1S/C13H15N3O3/c1-8-5-13(15-9(2)7-17)11-6-10(16(18)19)3-4-12(11)14-8/h3-6,9,17H,7H2,1-2H3,(H,14,15)/t9-/m0/s1. The van der Waals surface area contributed by atoms with Crippen molar-refractivity contribution in [2.45, 2.75) is 19.9 Å². The largest absolute Gasteiger partial charge is 0.394 e. The zero-order valence-electron chi connectivity index (χ0n) is 10.8. The van der Waals surface area contributed by atoms with Gasteiger partial charge in [-0.2, -0.15) is 0 Å². The summed E-state index contributed by atoms with van der Waals surface area (Å²) in [6.07, 6.45) is 0. The molecule has 1 atom stereocenters. The highest BCUT2D eigenvalue weighted by Gasteiger charge is 2.11. The molecule has 1 aromatic heterocycles. The monoisotopic (exact) mass is 261 g/mol. The van der Waals surface area contributed by atoms with Crippen LogP contribution >= 0.6 is 0 Å². The van der Waals surface area contributed by atoms with Gasteiger partial charge in [0.1, 0.15) is 0 Å². The molecule has 0 unspecified atom stereocenters. The Morgan fingerprint density at radius 2 is 2.21 bits per heavy atom. The highest BCUT2D eigenvalue weighted by molar-refractivity contribution is 5.93. The molecule has 0 bridgehead atoms. The number of non-ortho nitro benzene ring substituents is 1. The smallest absolute Gasteiger partial charge is 0.270 e. The molecule has 6 heteroatoms. The third-order valence-corrected chi connectivity index (χ3v) is 2.81. The van der Waals surface area contributed by atoms with E-state index >= 15 is 0 Å². The summed E-state index contributed by atoms with van der Waals surface area (Å²) in [5, 5.41) is 23.7. The van der Waals surface area contributed by atoms with Gasteiger partial charge in [-0.25, -0.2) is 0 Å². The molecular formula is C13H15N3O3. The molecule has 2 N–H and O–H groups in total. The topological polar surface area (TPSA) is 88.3 Å². The molecule has 0 fully saturated rings. The summed E-state index contributed by atoms with van der Waals surface area (Å²) in [4.78, 5) is 14.7. The Hall–Kier alpha value is -2.21. The van der Waals surface area contributed by atoms with Crippen molar-refractivity contribution in [1.29, 1.82) is 0 Å². The Morgan fingerprint density at radius 3 is 2.84 bits per heavy atom. The summed E-state index contributed by atoms with van der Waals surface area (Å²) in [5.41, 5.74) is 2.28. The highest BCUT2D eigenvalue weighted by Crippen LogP contribution is 2.27. The van der Waals surface area contributed by atoms with E-state index in [0.717, 1.165) is 11.4 Å². The maximum Gasteiger partial charge on any atom is 0.270 e. The lowest BCUT2D eigenvalue weighted by atomic mass is 10.1. The van der Waals surface area contributed by atoms with Gasteiger partial charge >= 0.3 is 0 Å². The zero-order chi connectivity index (χ0) is 14.0. The van der Waals surface area contributed by atoms with Gasteiger partial charge in [0, 0.05) is 34.9 Å². The summed E-state index contributed by atoms with van der Waals surface area (Å²) in [7, 11) is 0. The second-order valence-electron chi connectivity index (χ2n) is 4.50. The summed E-state index contributed by atoms with van der Waals surface area (Å²) < 4.78 is 0. The molecule has 0 aliphatic rings. The van der Waals surface area contributed by atoms with Crippen LogP contribution in [0.3, 0.4) is 0 Å². The minimum Gasteiger partial charge on any atom is -0.394 e. The van der Waals surface area contributed by atoms with E-state index in [-0.39, 0.29) is 18.3 Å². The molecule has 0 spiro atoms. The molecule has 0 aliphatic heterocycles. The Bertz CT molecular complexity index is 628. The van der Waals surface area contributed by atoms with E-state index in [4.69, 9.17) is 5.11 Å². The van der Waals surface area contributed by atoms with Crippen LogP contribution in [0.5, 0.6) is 0 Å². The van der Waals surface area contributed by atoms with Gasteiger partial charge in [-0.15, -0.1) is 0 Å². The summed E-state index contributed by atoms with van der Waals surface area (Å²) in [6, 6.07) is 6.25. The van der Waals surface area contributed by atoms with E-state index in [1.165, 1.54) is 12.1 Å². The van der Waals surface area contributed by atoms with Crippen LogP contribution in [0.4, 0.5) is 11.4 Å². The Kier molecular flexibility index (Phi) is 3.62. The molecule has 100 valence electrons. The lowest BCUT2D eigenvalue weighted by Crippen LogP contribution is -2.19. The van der Waals surface area contributed by atoms with Gasteiger partial charge in [0.15, 0.2) is 0 Å². The van der Waals surface area contributed by atoms with Crippen LogP contribution in [0.15, 0.2) is 24.3 Å². The number of anilines is 1. The number of aliphatic hydroxyl groups is 1. The number of hydrogen-bond acceptors (Lipinski definition) is 5. The summed E-state index contributed by atoms with van der Waals surface area (Å²) >= 11 is 0. The van der Waals surface area contributed by atoms with Crippen LogP contribution in [0.25, 0.3) is 10.9 Å². The van der Waals surface area contributed by atoms with Crippen molar-refractivity contribution in [3.8, 4) is 0 Å². The molecule has 0 saturated carbocycles. The van der Waals surface area contributed by atoms with E-state index in [9.17, 15) is 10.1 Å². The molecular weight excluding hydrogens is 246 g/mol. The maximum atomic E-state index is 10.8. The number of pyridine rings is 1. The van der Waals surface area contributed by atoms with E-state index < -0.39 is 4.92 Å². The van der Waals surface area contributed by atoms with Crippen LogP contribution in [0, 0.1) is 17.0 Å². The third kappa shape index (κ3) is 2.79. The van der Waals surface area contributed by atoms with Gasteiger partial charge < -0.3 is 10.4 Å². The number of fused-ring (bicyclic) bond motifs is 1. The molecule has 2 aromatic rings. The molecule has 0 amide bonds. The average molecular weight is 261 g/mol. The molecule has 0 radical (unpaired) electrons. The van der Waals surface area contributed by atoms with Gasteiger partial charge in [-0.05, 0) is 26.0 Å². The fraction of sp³-hybridized carbons (Fsp3) is 0.308. The predicted octanol–water partition coefficient (Wildman–Crippen LogP) is 2.24. The molecule has 6 nitrogen and oxygen atoms in total. The summed E-state index contributed by atoms with van der Waals surface area (Å²) in [6.45, 7) is 3.67. The second-order valence-corrected chi connectivity index (χ2v) is 4.50. The normalized spacial score (nSPS) is 12.4. The van der Waals surface area contributed by atoms with Crippen molar-refractivity contribution in [3.05, 3.63) is 40.1 Å². The molecule has 19 heavy (non-hydrogen) atoms. The molecule has 2 rings (SSSR count). The fourth-order valence-electron chi connectivity index (χ4n) is 1.89. The maximum absolute atomic E-state index is 10.8. The van der Waals surface area contributed by atoms with Gasteiger partial charge in [0.05, 0.1) is 17.0 Å². The van der Waals surface area contributed by atoms with Crippen LogP contribution in [0.2, 0.25) is 0 Å². The number of hydrogen-bond donors (Lipinski definition) is 2. The number of benzene rings is 1. The molecule has 0 saturated heterocycles. The minimum absolute atomic E-state index is 0.0161. The van der Waals surface area contributed by atoms with E-state index in [2.05, 4.69) is 10.3 Å². The van der Waals surface area contributed by atoms with Crippen molar-refractivity contribution < 1.29 is 10.0 Å². The highest BCUT2D eigenvalue weighted by atomic mass is 16.6. The number of nitrogens with one attached hydrogen (secondary N) is 1. The SMILES string of the molecule is Cc1cc(N[C@@H](C)CO)c2cc([N+](=O)[O-])ccc2n1. The predicted molar refractivity (Wildman–Crippen MR) is 73.3 cm³/mol. The third-order valence-electron chi connectivity index (χ3n) is 2.81. The first-order valence-electron chi connectivity index (χ1n) is 5.94. The number of rotatable bonds is 4. The van der Waals surface area contributed by atoms with Gasteiger partial charge in [0.2, 0.25) is 0 Å². The fourth-order valence-corrected chi connectivity index (χ4v) is 1.89. The first-order chi connectivity index (χ1) is 9.01. The number of aliphatic hydroxyl groups excluding tert-OH is 1. The lowest BCUT2D eigenvalue weighted by molar-refractivity contribution is -0.384. The van der Waals surface area contributed by atoms with Crippen LogP contribution in [-0.2, 0) is 0 Å². The zero-order valence-corrected chi connectivity index (χ0v) is 10.8. The molecule has 0 aliphatic carbocycles.